The van der Waals surface area contributed by atoms with E-state index >= 15 is 0 Å². The summed E-state index contributed by atoms with van der Waals surface area (Å²) in [6, 6.07) is 7.03. The molecule has 1 aliphatic heterocycles. The quantitative estimate of drug-likeness (QED) is 0.833. The first-order valence-corrected chi connectivity index (χ1v) is 6.16. The van der Waals surface area contributed by atoms with Crippen molar-refractivity contribution in [1.29, 1.82) is 0 Å². The van der Waals surface area contributed by atoms with Crippen LogP contribution in [0.2, 0.25) is 5.02 Å². The molecule has 0 aromatic heterocycles. The molecule has 1 fully saturated rings. The first-order valence-electron chi connectivity index (χ1n) is 4.63. The van der Waals surface area contributed by atoms with Crippen molar-refractivity contribution in [1.82, 2.24) is 5.32 Å². The van der Waals surface area contributed by atoms with Gasteiger partial charge >= 0.3 is 0 Å². The highest BCUT2D eigenvalue weighted by molar-refractivity contribution is 7.99. The predicted octanol–water partition coefficient (Wildman–Crippen LogP) is 1.94. The van der Waals surface area contributed by atoms with E-state index in [1.165, 1.54) is 0 Å². The van der Waals surface area contributed by atoms with E-state index in [0.717, 1.165) is 17.3 Å². The Bertz CT molecular complexity index is 349. The van der Waals surface area contributed by atoms with Crippen molar-refractivity contribution in [3.05, 3.63) is 29.3 Å². The third-order valence-corrected chi connectivity index (χ3v) is 3.34. The fourth-order valence-electron chi connectivity index (χ4n) is 1.33. The maximum atomic E-state index is 11.7. The fourth-order valence-corrected chi connectivity index (χ4v) is 2.39. The summed E-state index contributed by atoms with van der Waals surface area (Å²) in [6.45, 7) is 0. The van der Waals surface area contributed by atoms with Crippen LogP contribution >= 0.6 is 23.4 Å². The molecule has 80 valence electrons. The molecule has 2 N–H and O–H groups in total. The zero-order chi connectivity index (χ0) is 10.7. The van der Waals surface area contributed by atoms with Gasteiger partial charge in [-0.3, -0.25) is 10.1 Å². The number of thioether (sulfide) groups is 1. The van der Waals surface area contributed by atoms with Gasteiger partial charge < -0.3 is 5.32 Å². The van der Waals surface area contributed by atoms with Crippen LogP contribution in [0.4, 0.5) is 5.69 Å². The number of amides is 1. The number of hydrogen-bond acceptors (Lipinski definition) is 3. The monoisotopic (exact) mass is 242 g/mol. The number of carbonyl (C=O) groups excluding carboxylic acids is 1. The first-order chi connectivity index (χ1) is 7.25. The molecular formula is C10H11ClN2OS. The van der Waals surface area contributed by atoms with Gasteiger partial charge in [0, 0.05) is 22.3 Å². The van der Waals surface area contributed by atoms with Gasteiger partial charge in [-0.25, -0.2) is 0 Å². The standard InChI is InChI=1S/C10H11ClN2OS/c11-7-1-3-8(4-2-7)13-10(14)9-5-15-6-12-9/h1-4,9,12H,5-6H2,(H,13,14)/t9-/m0/s1. The summed E-state index contributed by atoms with van der Waals surface area (Å²) in [6.07, 6.45) is 0. The number of hydrogen-bond donors (Lipinski definition) is 2. The van der Waals surface area contributed by atoms with E-state index in [-0.39, 0.29) is 11.9 Å². The second-order valence-electron chi connectivity index (χ2n) is 3.27. The van der Waals surface area contributed by atoms with Gasteiger partial charge in [-0.2, -0.15) is 0 Å². The maximum Gasteiger partial charge on any atom is 0.242 e. The van der Waals surface area contributed by atoms with Gasteiger partial charge in [0.1, 0.15) is 0 Å². The van der Waals surface area contributed by atoms with Crippen LogP contribution in [0, 0.1) is 0 Å². The van der Waals surface area contributed by atoms with Crippen LogP contribution < -0.4 is 10.6 Å². The SMILES string of the molecule is O=C(Nc1ccc(Cl)cc1)[C@@H]1CSCN1. The van der Waals surface area contributed by atoms with Gasteiger partial charge in [0.25, 0.3) is 0 Å². The van der Waals surface area contributed by atoms with Gasteiger partial charge in [-0.15, -0.1) is 11.8 Å². The Hall–Kier alpha value is -0.710. The molecule has 15 heavy (non-hydrogen) atoms. The molecule has 0 spiro atoms. The number of halogens is 1. The molecule has 0 saturated carbocycles. The van der Waals surface area contributed by atoms with Crippen LogP contribution in [0.5, 0.6) is 0 Å². The number of rotatable bonds is 2. The van der Waals surface area contributed by atoms with E-state index in [2.05, 4.69) is 10.6 Å². The van der Waals surface area contributed by atoms with E-state index in [1.807, 2.05) is 0 Å². The average molecular weight is 243 g/mol. The van der Waals surface area contributed by atoms with Crippen molar-refractivity contribution in [3.63, 3.8) is 0 Å². The van der Waals surface area contributed by atoms with Gasteiger partial charge in [0.05, 0.1) is 6.04 Å². The van der Waals surface area contributed by atoms with Crippen molar-refractivity contribution in [2.45, 2.75) is 6.04 Å². The molecule has 1 heterocycles. The number of benzene rings is 1. The van der Waals surface area contributed by atoms with Crippen LogP contribution in [0.1, 0.15) is 0 Å². The molecule has 1 saturated heterocycles. The van der Waals surface area contributed by atoms with Crippen molar-refractivity contribution in [2.24, 2.45) is 0 Å². The molecule has 5 heteroatoms. The molecule has 2 rings (SSSR count). The molecule has 1 amide bonds. The lowest BCUT2D eigenvalue weighted by molar-refractivity contribution is -0.117. The number of nitrogens with one attached hydrogen (secondary N) is 2. The molecule has 0 unspecified atom stereocenters. The van der Waals surface area contributed by atoms with Gasteiger partial charge in [0.15, 0.2) is 0 Å². The zero-order valence-electron chi connectivity index (χ0n) is 8.00. The molecule has 0 radical (unpaired) electrons. The molecule has 1 atom stereocenters. The average Bonchev–Trinajstić information content (AvgIpc) is 2.74. The van der Waals surface area contributed by atoms with Crippen molar-refractivity contribution in [3.8, 4) is 0 Å². The fraction of sp³-hybridized carbons (Fsp3) is 0.300. The molecule has 1 aromatic rings. The molecule has 1 aliphatic rings. The largest absolute Gasteiger partial charge is 0.325 e. The predicted molar refractivity (Wildman–Crippen MR) is 64.3 cm³/mol. The van der Waals surface area contributed by atoms with Crippen LogP contribution in [-0.2, 0) is 4.79 Å². The van der Waals surface area contributed by atoms with E-state index in [4.69, 9.17) is 11.6 Å². The van der Waals surface area contributed by atoms with Crippen molar-refractivity contribution >= 4 is 35.0 Å². The maximum absolute atomic E-state index is 11.7. The highest BCUT2D eigenvalue weighted by Crippen LogP contribution is 2.15. The second-order valence-corrected chi connectivity index (χ2v) is 4.73. The van der Waals surface area contributed by atoms with Crippen LogP contribution in [-0.4, -0.2) is 23.6 Å². The summed E-state index contributed by atoms with van der Waals surface area (Å²) < 4.78 is 0. The normalized spacial score (nSPS) is 20.2. The summed E-state index contributed by atoms with van der Waals surface area (Å²) in [7, 11) is 0. The lowest BCUT2D eigenvalue weighted by Gasteiger charge is -2.10. The first kappa shape index (κ1) is 10.8. The van der Waals surface area contributed by atoms with E-state index in [1.54, 1.807) is 36.0 Å². The minimum atomic E-state index is -0.0781. The van der Waals surface area contributed by atoms with Gasteiger partial charge in [-0.1, -0.05) is 11.6 Å². The van der Waals surface area contributed by atoms with Gasteiger partial charge in [0.2, 0.25) is 5.91 Å². The highest BCUT2D eigenvalue weighted by atomic mass is 35.5. The third-order valence-electron chi connectivity index (χ3n) is 2.14. The zero-order valence-corrected chi connectivity index (χ0v) is 9.57. The summed E-state index contributed by atoms with van der Waals surface area (Å²) in [5.41, 5.74) is 0.781. The molecular weight excluding hydrogens is 232 g/mol. The minimum absolute atomic E-state index is 0.0160. The Morgan fingerprint density at radius 2 is 2.20 bits per heavy atom. The van der Waals surface area contributed by atoms with Crippen LogP contribution in [0.3, 0.4) is 0 Å². The molecule has 0 aliphatic carbocycles. The summed E-state index contributed by atoms with van der Waals surface area (Å²) in [5, 5.41) is 6.62. The Morgan fingerprint density at radius 3 is 2.80 bits per heavy atom. The molecule has 3 nitrogen and oxygen atoms in total. The van der Waals surface area contributed by atoms with Crippen molar-refractivity contribution < 1.29 is 4.79 Å². The topological polar surface area (TPSA) is 41.1 Å². The van der Waals surface area contributed by atoms with E-state index in [0.29, 0.717) is 5.02 Å². The summed E-state index contributed by atoms with van der Waals surface area (Å²) >= 11 is 7.48. The Balaban J connectivity index is 1.96. The smallest absolute Gasteiger partial charge is 0.242 e. The molecule has 0 bridgehead atoms. The number of carbonyl (C=O) groups is 1. The lowest BCUT2D eigenvalue weighted by atomic mass is 10.3. The third kappa shape index (κ3) is 2.87. The van der Waals surface area contributed by atoms with E-state index in [9.17, 15) is 4.79 Å². The Morgan fingerprint density at radius 1 is 1.47 bits per heavy atom. The van der Waals surface area contributed by atoms with Gasteiger partial charge in [-0.05, 0) is 24.3 Å². The van der Waals surface area contributed by atoms with E-state index < -0.39 is 0 Å². The highest BCUT2D eigenvalue weighted by Gasteiger charge is 2.22. The lowest BCUT2D eigenvalue weighted by Crippen LogP contribution is -2.37. The summed E-state index contributed by atoms with van der Waals surface area (Å²) in [5.74, 6) is 1.69. The second kappa shape index (κ2) is 4.88. The molecule has 1 aromatic carbocycles. The Labute approximate surface area is 97.6 Å². The number of anilines is 1. The minimum Gasteiger partial charge on any atom is -0.325 e. The van der Waals surface area contributed by atoms with Crippen LogP contribution in [0.15, 0.2) is 24.3 Å². The van der Waals surface area contributed by atoms with Crippen LogP contribution in [0.25, 0.3) is 0 Å². The Kier molecular flexibility index (Phi) is 3.51. The summed E-state index contributed by atoms with van der Waals surface area (Å²) in [4.78, 5) is 11.7. The van der Waals surface area contributed by atoms with Crippen molar-refractivity contribution in [2.75, 3.05) is 16.9 Å².